The molecule has 2 bridgehead atoms. The summed E-state index contributed by atoms with van der Waals surface area (Å²) in [6.45, 7) is 3.23. The Morgan fingerprint density at radius 1 is 1.19 bits per heavy atom. The third-order valence-electron chi connectivity index (χ3n) is 4.10. The predicted molar refractivity (Wildman–Crippen MR) is 78.5 cm³/mol. The smallest absolute Gasteiger partial charge is 0.210 e. The van der Waals surface area contributed by atoms with Gasteiger partial charge in [0.1, 0.15) is 0 Å². The minimum absolute atomic E-state index is 0.141. The Labute approximate surface area is 124 Å². The normalized spacial score (nSPS) is 28.7. The lowest BCUT2D eigenvalue weighted by Crippen LogP contribution is -2.49. The van der Waals surface area contributed by atoms with Crippen LogP contribution in [0.1, 0.15) is 11.1 Å². The van der Waals surface area contributed by atoms with Gasteiger partial charge in [0.15, 0.2) is 0 Å². The Kier molecular flexibility index (Phi) is 3.22. The molecule has 2 atom stereocenters. The summed E-state index contributed by atoms with van der Waals surface area (Å²) in [6, 6.07) is 14.5. The zero-order chi connectivity index (χ0) is 14.1. The van der Waals surface area contributed by atoms with Gasteiger partial charge in [-0.15, -0.1) is 0 Å². The lowest BCUT2D eigenvalue weighted by atomic mass is 10.1. The molecule has 0 spiro atoms. The number of benzene rings is 1. The van der Waals surface area contributed by atoms with Gasteiger partial charge in [0.05, 0.1) is 19.3 Å². The molecule has 2 aromatic rings. The van der Waals surface area contributed by atoms with Crippen molar-refractivity contribution in [3.63, 3.8) is 0 Å². The fourth-order valence-corrected chi connectivity index (χ4v) is 3.18. The Bertz CT molecular complexity index is 605. The lowest BCUT2D eigenvalue weighted by molar-refractivity contribution is -0.214. The minimum Gasteiger partial charge on any atom is -0.342 e. The van der Waals surface area contributed by atoms with Crippen LogP contribution in [0.25, 0.3) is 0 Å². The van der Waals surface area contributed by atoms with Crippen molar-refractivity contribution in [1.29, 1.82) is 0 Å². The summed E-state index contributed by atoms with van der Waals surface area (Å²) >= 11 is 0. The van der Waals surface area contributed by atoms with E-state index >= 15 is 0 Å². The Morgan fingerprint density at radius 2 is 2.10 bits per heavy atom. The highest BCUT2D eigenvalue weighted by molar-refractivity contribution is 5.20. The summed E-state index contributed by atoms with van der Waals surface area (Å²) in [4.78, 5) is 6.61. The summed E-state index contributed by atoms with van der Waals surface area (Å²) in [7, 11) is 0. The van der Waals surface area contributed by atoms with Crippen LogP contribution < -0.4 is 0 Å². The van der Waals surface area contributed by atoms with E-state index in [1.54, 1.807) is 6.20 Å². The van der Waals surface area contributed by atoms with Crippen LogP contribution in [0.2, 0.25) is 0 Å². The first-order valence-corrected chi connectivity index (χ1v) is 7.33. The van der Waals surface area contributed by atoms with Gasteiger partial charge >= 0.3 is 0 Å². The highest BCUT2D eigenvalue weighted by atomic mass is 16.7. The molecule has 0 saturated carbocycles. The maximum Gasteiger partial charge on any atom is 0.210 e. The van der Waals surface area contributed by atoms with Crippen molar-refractivity contribution in [3.05, 3.63) is 66.0 Å². The predicted octanol–water partition coefficient (Wildman–Crippen LogP) is 2.17. The van der Waals surface area contributed by atoms with Crippen LogP contribution in [0, 0.1) is 0 Å². The zero-order valence-electron chi connectivity index (χ0n) is 11.8. The van der Waals surface area contributed by atoms with Gasteiger partial charge in [-0.1, -0.05) is 36.4 Å². The first-order valence-electron chi connectivity index (χ1n) is 7.33. The van der Waals surface area contributed by atoms with Crippen molar-refractivity contribution < 1.29 is 9.47 Å². The van der Waals surface area contributed by atoms with Gasteiger partial charge in [0.2, 0.25) is 5.79 Å². The summed E-state index contributed by atoms with van der Waals surface area (Å²) in [6.07, 6.45) is 3.76. The van der Waals surface area contributed by atoms with E-state index in [-0.39, 0.29) is 6.10 Å². The van der Waals surface area contributed by atoms with E-state index in [4.69, 9.17) is 9.47 Å². The van der Waals surface area contributed by atoms with Crippen molar-refractivity contribution in [3.8, 4) is 0 Å². The van der Waals surface area contributed by atoms with Gasteiger partial charge in [-0.25, -0.2) is 0 Å². The maximum absolute atomic E-state index is 6.13. The SMILES string of the molecule is c1ccc(CN2CC3COC(c4cccnc4)(C2)O3)cc1. The van der Waals surface area contributed by atoms with Gasteiger partial charge in [0.25, 0.3) is 0 Å². The van der Waals surface area contributed by atoms with Gasteiger partial charge in [-0.05, 0) is 11.6 Å². The monoisotopic (exact) mass is 282 g/mol. The Balaban J connectivity index is 1.57. The van der Waals surface area contributed by atoms with Crippen LogP contribution in [-0.4, -0.2) is 35.7 Å². The molecular formula is C17H18N2O2. The Hall–Kier alpha value is -1.75. The van der Waals surface area contributed by atoms with E-state index in [2.05, 4.69) is 34.1 Å². The van der Waals surface area contributed by atoms with Gasteiger partial charge in [-0.2, -0.15) is 0 Å². The molecule has 2 unspecified atom stereocenters. The van der Waals surface area contributed by atoms with Gasteiger partial charge in [0, 0.05) is 31.0 Å². The van der Waals surface area contributed by atoms with Crippen LogP contribution in [0.15, 0.2) is 54.9 Å². The van der Waals surface area contributed by atoms with Crippen molar-refractivity contribution in [2.75, 3.05) is 19.7 Å². The first-order chi connectivity index (χ1) is 10.3. The number of hydrogen-bond donors (Lipinski definition) is 0. The minimum atomic E-state index is -0.647. The van der Waals surface area contributed by atoms with E-state index in [9.17, 15) is 0 Å². The summed E-state index contributed by atoms with van der Waals surface area (Å²) in [5.41, 5.74) is 2.32. The standard InChI is InChI=1S/C17H18N2O2/c1-2-5-14(6-3-1)10-19-11-16-12-20-17(13-19,21-16)15-7-4-8-18-9-15/h1-9,16H,10-13H2. The van der Waals surface area contributed by atoms with Crippen LogP contribution >= 0.6 is 0 Å². The lowest BCUT2D eigenvalue weighted by Gasteiger charge is -2.38. The molecule has 108 valence electrons. The second-order valence-electron chi connectivity index (χ2n) is 5.70. The molecule has 0 aliphatic carbocycles. The van der Waals surface area contributed by atoms with E-state index in [1.807, 2.05) is 24.4 Å². The number of fused-ring (bicyclic) bond motifs is 2. The molecule has 2 aliphatic heterocycles. The number of aromatic nitrogens is 1. The molecule has 4 nitrogen and oxygen atoms in total. The second kappa shape index (κ2) is 5.22. The molecule has 4 rings (SSSR count). The number of hydrogen-bond acceptors (Lipinski definition) is 4. The second-order valence-corrected chi connectivity index (χ2v) is 5.70. The fraction of sp³-hybridized carbons (Fsp3) is 0.353. The van der Waals surface area contributed by atoms with E-state index < -0.39 is 5.79 Å². The van der Waals surface area contributed by atoms with Crippen LogP contribution in [0.3, 0.4) is 0 Å². The van der Waals surface area contributed by atoms with Crippen LogP contribution in [0.5, 0.6) is 0 Å². The van der Waals surface area contributed by atoms with Crippen molar-refractivity contribution in [2.45, 2.75) is 18.4 Å². The molecule has 21 heavy (non-hydrogen) atoms. The molecule has 0 amide bonds. The molecule has 0 N–H and O–H groups in total. The number of pyridine rings is 1. The van der Waals surface area contributed by atoms with E-state index in [1.165, 1.54) is 5.56 Å². The molecular weight excluding hydrogens is 264 g/mol. The van der Waals surface area contributed by atoms with Crippen LogP contribution in [0.4, 0.5) is 0 Å². The molecule has 2 aliphatic rings. The first kappa shape index (κ1) is 13.0. The fourth-order valence-electron chi connectivity index (χ4n) is 3.18. The maximum atomic E-state index is 6.13. The third-order valence-corrected chi connectivity index (χ3v) is 4.10. The molecule has 1 aromatic heterocycles. The third kappa shape index (κ3) is 2.46. The summed E-state index contributed by atoms with van der Waals surface area (Å²) < 4.78 is 12.1. The highest BCUT2D eigenvalue weighted by Crippen LogP contribution is 2.38. The largest absolute Gasteiger partial charge is 0.342 e. The quantitative estimate of drug-likeness (QED) is 0.864. The van der Waals surface area contributed by atoms with Crippen LogP contribution in [-0.2, 0) is 21.8 Å². The van der Waals surface area contributed by atoms with Crippen molar-refractivity contribution in [1.82, 2.24) is 9.88 Å². The van der Waals surface area contributed by atoms with E-state index in [0.29, 0.717) is 6.61 Å². The zero-order valence-corrected chi connectivity index (χ0v) is 11.8. The molecule has 3 heterocycles. The summed E-state index contributed by atoms with van der Waals surface area (Å²) in [5.74, 6) is -0.647. The number of morpholine rings is 1. The number of rotatable bonds is 3. The van der Waals surface area contributed by atoms with Gasteiger partial charge in [-0.3, -0.25) is 9.88 Å². The van der Waals surface area contributed by atoms with Gasteiger partial charge < -0.3 is 9.47 Å². The topological polar surface area (TPSA) is 34.6 Å². The molecule has 2 fully saturated rings. The number of ether oxygens (including phenoxy) is 2. The number of nitrogens with zero attached hydrogens (tertiary/aromatic N) is 2. The molecule has 1 aromatic carbocycles. The average molecular weight is 282 g/mol. The van der Waals surface area contributed by atoms with Crippen molar-refractivity contribution in [2.24, 2.45) is 0 Å². The summed E-state index contributed by atoms with van der Waals surface area (Å²) in [5, 5.41) is 0. The highest BCUT2D eigenvalue weighted by Gasteiger charge is 2.48. The molecule has 2 saturated heterocycles. The van der Waals surface area contributed by atoms with E-state index in [0.717, 1.165) is 25.2 Å². The van der Waals surface area contributed by atoms with Crippen molar-refractivity contribution >= 4 is 0 Å². The molecule has 0 radical (unpaired) electrons. The molecule has 4 heteroatoms. The Morgan fingerprint density at radius 3 is 2.90 bits per heavy atom. The average Bonchev–Trinajstić information content (AvgIpc) is 2.85.